The number of carbonyl (C=O) groups is 1. The van der Waals surface area contributed by atoms with Crippen LogP contribution in [0.3, 0.4) is 0 Å². The highest BCUT2D eigenvalue weighted by Crippen LogP contribution is 2.13. The van der Waals surface area contributed by atoms with E-state index in [1.165, 1.54) is 17.9 Å². The first-order valence-electron chi connectivity index (χ1n) is 6.36. The summed E-state index contributed by atoms with van der Waals surface area (Å²) < 4.78 is 6.22. The fourth-order valence-electron chi connectivity index (χ4n) is 1.93. The van der Waals surface area contributed by atoms with Gasteiger partial charge in [-0.25, -0.2) is 9.55 Å². The van der Waals surface area contributed by atoms with Crippen LogP contribution >= 0.6 is 0 Å². The van der Waals surface area contributed by atoms with Gasteiger partial charge in [-0.05, 0) is 10.8 Å². The summed E-state index contributed by atoms with van der Waals surface area (Å²) in [6.07, 6.45) is 1.23. The topological polar surface area (TPSA) is 99.3 Å². The number of hydrogen-bond acceptors (Lipinski definition) is 6. The van der Waals surface area contributed by atoms with E-state index in [-0.39, 0.29) is 17.7 Å². The number of rotatable bonds is 7. The van der Waals surface area contributed by atoms with Crippen LogP contribution in [0.1, 0.15) is 19.7 Å². The lowest BCUT2D eigenvalue weighted by molar-refractivity contribution is -0.392. The molecule has 8 heteroatoms. The molecular weight excluding hydrogens is 264 g/mol. The normalized spacial score (nSPS) is 12.4. The van der Waals surface area contributed by atoms with E-state index in [1.807, 2.05) is 13.8 Å². The molecule has 0 radical (unpaired) electrons. The van der Waals surface area contributed by atoms with Crippen molar-refractivity contribution in [3.63, 3.8) is 0 Å². The summed E-state index contributed by atoms with van der Waals surface area (Å²) >= 11 is 0. The molecular formula is C12H20N4O4. The van der Waals surface area contributed by atoms with E-state index in [1.54, 1.807) is 6.92 Å². The predicted octanol–water partition coefficient (Wildman–Crippen LogP) is 0.887. The average molecular weight is 284 g/mol. The van der Waals surface area contributed by atoms with Crippen LogP contribution < -0.4 is 5.32 Å². The van der Waals surface area contributed by atoms with Crippen LogP contribution in [0.25, 0.3) is 0 Å². The van der Waals surface area contributed by atoms with Crippen molar-refractivity contribution in [2.24, 2.45) is 5.92 Å². The first-order chi connectivity index (χ1) is 9.38. The Morgan fingerprint density at radius 3 is 2.75 bits per heavy atom. The van der Waals surface area contributed by atoms with Crippen LogP contribution in [0.4, 0.5) is 5.82 Å². The molecule has 0 aliphatic rings. The molecule has 1 unspecified atom stereocenters. The van der Waals surface area contributed by atoms with E-state index in [4.69, 9.17) is 4.74 Å². The zero-order valence-corrected chi connectivity index (χ0v) is 12.1. The van der Waals surface area contributed by atoms with Gasteiger partial charge in [0.15, 0.2) is 5.82 Å². The smallest absolute Gasteiger partial charge is 0.342 e. The van der Waals surface area contributed by atoms with Gasteiger partial charge in [0.25, 0.3) is 0 Å². The minimum Gasteiger partial charge on any atom is -0.468 e. The monoisotopic (exact) mass is 284 g/mol. The van der Waals surface area contributed by atoms with Crippen LogP contribution in [0.15, 0.2) is 6.20 Å². The molecule has 0 amide bonds. The van der Waals surface area contributed by atoms with Gasteiger partial charge in [-0.3, -0.25) is 4.79 Å². The van der Waals surface area contributed by atoms with Gasteiger partial charge >= 0.3 is 11.8 Å². The number of nitrogens with zero attached hydrogens (tertiary/aromatic N) is 3. The van der Waals surface area contributed by atoms with E-state index < -0.39 is 11.0 Å². The number of methoxy groups -OCH3 is 1. The third-order valence-corrected chi connectivity index (χ3v) is 3.04. The SMILES string of the molecule is COC(=O)C(NCCn1c([N+](=O)[O-])cnc1C)C(C)C. The number of ether oxygens (including phenoxy) is 1. The zero-order valence-electron chi connectivity index (χ0n) is 12.1. The van der Waals surface area contributed by atoms with Gasteiger partial charge in [0, 0.05) is 13.5 Å². The number of imidazole rings is 1. The highest BCUT2D eigenvalue weighted by atomic mass is 16.6. The Kier molecular flexibility index (Phi) is 5.63. The van der Waals surface area contributed by atoms with Gasteiger partial charge in [0.2, 0.25) is 0 Å². The van der Waals surface area contributed by atoms with Gasteiger partial charge in [0.05, 0.1) is 7.11 Å². The van der Waals surface area contributed by atoms with Crippen molar-refractivity contribution >= 4 is 11.8 Å². The first kappa shape index (κ1) is 16.1. The molecule has 112 valence electrons. The summed E-state index contributed by atoms with van der Waals surface area (Å²) in [6, 6.07) is -0.428. The lowest BCUT2D eigenvalue weighted by atomic mass is 10.1. The fourth-order valence-corrected chi connectivity index (χ4v) is 1.93. The second kappa shape index (κ2) is 6.99. The van der Waals surface area contributed by atoms with Gasteiger partial charge in [-0.1, -0.05) is 13.8 Å². The van der Waals surface area contributed by atoms with E-state index in [0.717, 1.165) is 0 Å². The molecule has 1 rings (SSSR count). The number of nitrogens with one attached hydrogen (secondary N) is 1. The predicted molar refractivity (Wildman–Crippen MR) is 72.3 cm³/mol. The van der Waals surface area contributed by atoms with Gasteiger partial charge in [-0.15, -0.1) is 0 Å². The van der Waals surface area contributed by atoms with Crippen molar-refractivity contribution in [3.8, 4) is 0 Å². The van der Waals surface area contributed by atoms with Gasteiger partial charge < -0.3 is 20.2 Å². The highest BCUT2D eigenvalue weighted by molar-refractivity contribution is 5.75. The molecule has 1 aromatic heterocycles. The summed E-state index contributed by atoms with van der Waals surface area (Å²) in [5.41, 5.74) is 0. The molecule has 0 fully saturated rings. The Hall–Kier alpha value is -1.96. The van der Waals surface area contributed by atoms with Gasteiger partial charge in [0.1, 0.15) is 18.8 Å². The van der Waals surface area contributed by atoms with Crippen molar-refractivity contribution in [1.82, 2.24) is 14.9 Å². The van der Waals surface area contributed by atoms with E-state index in [2.05, 4.69) is 10.3 Å². The molecule has 20 heavy (non-hydrogen) atoms. The van der Waals surface area contributed by atoms with Crippen molar-refractivity contribution in [3.05, 3.63) is 22.1 Å². The molecule has 8 nitrogen and oxygen atoms in total. The Bertz CT molecular complexity index is 484. The maximum Gasteiger partial charge on any atom is 0.342 e. The van der Waals surface area contributed by atoms with E-state index in [0.29, 0.717) is 18.9 Å². The largest absolute Gasteiger partial charge is 0.468 e. The number of aromatic nitrogens is 2. The second-order valence-electron chi connectivity index (χ2n) is 4.77. The van der Waals surface area contributed by atoms with Crippen LogP contribution in [0.2, 0.25) is 0 Å². The number of nitro groups is 1. The highest BCUT2D eigenvalue weighted by Gasteiger charge is 2.23. The summed E-state index contributed by atoms with van der Waals surface area (Å²) in [6.45, 7) is 6.28. The molecule has 0 saturated heterocycles. The molecule has 1 atom stereocenters. The molecule has 1 heterocycles. The average Bonchev–Trinajstić information content (AvgIpc) is 2.75. The Balaban J connectivity index is 2.66. The van der Waals surface area contributed by atoms with Crippen LogP contribution in [-0.2, 0) is 16.1 Å². The number of esters is 1. The van der Waals surface area contributed by atoms with Crippen molar-refractivity contribution in [2.45, 2.75) is 33.4 Å². The molecule has 1 N–H and O–H groups in total. The van der Waals surface area contributed by atoms with Crippen molar-refractivity contribution in [2.75, 3.05) is 13.7 Å². The Labute approximate surface area is 117 Å². The fraction of sp³-hybridized carbons (Fsp3) is 0.667. The van der Waals surface area contributed by atoms with Crippen molar-refractivity contribution < 1.29 is 14.5 Å². The summed E-state index contributed by atoms with van der Waals surface area (Å²) in [7, 11) is 1.34. The minimum absolute atomic E-state index is 0.0523. The molecule has 1 aromatic rings. The lowest BCUT2D eigenvalue weighted by Crippen LogP contribution is -2.43. The van der Waals surface area contributed by atoms with Crippen molar-refractivity contribution in [1.29, 1.82) is 0 Å². The summed E-state index contributed by atoms with van der Waals surface area (Å²) in [4.78, 5) is 25.9. The van der Waals surface area contributed by atoms with Crippen LogP contribution in [-0.4, -0.2) is 40.1 Å². The minimum atomic E-state index is -0.472. The Morgan fingerprint density at radius 1 is 1.60 bits per heavy atom. The summed E-state index contributed by atoms with van der Waals surface area (Å²) in [5, 5.41) is 13.9. The third-order valence-electron chi connectivity index (χ3n) is 3.04. The second-order valence-corrected chi connectivity index (χ2v) is 4.77. The Morgan fingerprint density at radius 2 is 2.25 bits per heavy atom. The maximum atomic E-state index is 11.6. The third kappa shape index (κ3) is 3.77. The molecule has 0 aromatic carbocycles. The first-order valence-corrected chi connectivity index (χ1v) is 6.36. The molecule has 0 bridgehead atoms. The van der Waals surface area contributed by atoms with Crippen LogP contribution in [0, 0.1) is 23.0 Å². The summed E-state index contributed by atoms with van der Waals surface area (Å²) in [5.74, 6) is 0.249. The number of hydrogen-bond donors (Lipinski definition) is 1. The molecule has 0 saturated carbocycles. The van der Waals surface area contributed by atoms with E-state index in [9.17, 15) is 14.9 Å². The van der Waals surface area contributed by atoms with Gasteiger partial charge in [-0.2, -0.15) is 0 Å². The zero-order chi connectivity index (χ0) is 15.3. The lowest BCUT2D eigenvalue weighted by Gasteiger charge is -2.19. The van der Waals surface area contributed by atoms with E-state index >= 15 is 0 Å². The molecule has 0 aliphatic heterocycles. The molecule has 0 spiro atoms. The standard InChI is InChI=1S/C12H20N4O4/c1-8(2)11(12(17)20-4)13-5-6-15-9(3)14-7-10(15)16(18)19/h7-8,11,13H,5-6H2,1-4H3. The quantitative estimate of drug-likeness (QED) is 0.453. The number of aryl methyl sites for hydroxylation is 1. The maximum absolute atomic E-state index is 11.6. The van der Waals surface area contributed by atoms with Crippen LogP contribution in [0.5, 0.6) is 0 Å². The molecule has 0 aliphatic carbocycles. The number of carbonyl (C=O) groups excluding carboxylic acids is 1.